The van der Waals surface area contributed by atoms with Gasteiger partial charge in [0.2, 0.25) is 0 Å². The fourth-order valence-corrected chi connectivity index (χ4v) is 3.71. The first-order valence-electron chi connectivity index (χ1n) is 6.24. The van der Waals surface area contributed by atoms with E-state index in [0.717, 1.165) is 17.8 Å². The molecule has 3 saturated carbocycles. The molecule has 0 saturated heterocycles. The third kappa shape index (κ3) is 1.50. The zero-order valence-electron chi connectivity index (χ0n) is 10.2. The van der Waals surface area contributed by atoms with Crippen LogP contribution in [0.1, 0.15) is 40.0 Å². The van der Waals surface area contributed by atoms with Crippen LogP contribution >= 0.6 is 0 Å². The quantitative estimate of drug-likeness (QED) is 0.669. The maximum Gasteiger partial charge on any atom is 0.000935 e. The van der Waals surface area contributed by atoms with Gasteiger partial charge in [-0.15, -0.1) is 0 Å². The molecule has 82 valence electrons. The van der Waals surface area contributed by atoms with E-state index in [9.17, 15) is 0 Å². The highest BCUT2D eigenvalue weighted by atomic mass is 15.1. The smallest absolute Gasteiger partial charge is 0.000935 e. The molecule has 0 N–H and O–H groups in total. The Hall–Kier alpha value is -0.0400. The lowest BCUT2D eigenvalue weighted by Crippen LogP contribution is -2.54. The van der Waals surface area contributed by atoms with Crippen molar-refractivity contribution in [2.75, 3.05) is 20.1 Å². The lowest BCUT2D eigenvalue weighted by atomic mass is 9.45. The van der Waals surface area contributed by atoms with E-state index in [2.05, 4.69) is 32.7 Å². The average molecular weight is 195 g/mol. The normalized spacial score (nSPS) is 39.6. The summed E-state index contributed by atoms with van der Waals surface area (Å²) in [6.07, 6.45) is 4.50. The predicted molar refractivity (Wildman–Crippen MR) is 61.3 cm³/mol. The first kappa shape index (κ1) is 10.5. The predicted octanol–water partition coefficient (Wildman–Crippen LogP) is 3.01. The minimum atomic E-state index is 0.664. The Morgan fingerprint density at radius 1 is 1.29 bits per heavy atom. The minimum Gasteiger partial charge on any atom is -0.306 e. The van der Waals surface area contributed by atoms with Gasteiger partial charge in [-0.1, -0.05) is 20.8 Å². The van der Waals surface area contributed by atoms with Crippen LogP contribution in [0.2, 0.25) is 0 Å². The highest BCUT2D eigenvalue weighted by Gasteiger charge is 2.53. The molecule has 3 aliphatic rings. The Balaban J connectivity index is 1.94. The summed E-state index contributed by atoms with van der Waals surface area (Å²) in [6, 6.07) is 0. The van der Waals surface area contributed by atoms with Gasteiger partial charge in [0.25, 0.3) is 0 Å². The highest BCUT2D eigenvalue weighted by molar-refractivity contribution is 5.03. The van der Waals surface area contributed by atoms with Crippen LogP contribution in [0.15, 0.2) is 0 Å². The van der Waals surface area contributed by atoms with E-state index < -0.39 is 0 Å². The third-order valence-corrected chi connectivity index (χ3v) is 5.09. The molecule has 3 atom stereocenters. The molecule has 3 aliphatic carbocycles. The van der Waals surface area contributed by atoms with Gasteiger partial charge in [-0.05, 0) is 56.0 Å². The average Bonchev–Trinajstić information content (AvgIpc) is 2.17. The Morgan fingerprint density at radius 3 is 2.50 bits per heavy atom. The van der Waals surface area contributed by atoms with Gasteiger partial charge in [0.15, 0.2) is 0 Å². The summed E-state index contributed by atoms with van der Waals surface area (Å²) in [7, 11) is 2.26. The Bertz CT molecular complexity index is 207. The van der Waals surface area contributed by atoms with E-state index in [1.807, 2.05) is 0 Å². The van der Waals surface area contributed by atoms with Gasteiger partial charge in [-0.3, -0.25) is 0 Å². The second kappa shape index (κ2) is 3.52. The van der Waals surface area contributed by atoms with Gasteiger partial charge < -0.3 is 4.90 Å². The van der Waals surface area contributed by atoms with Crippen LogP contribution in [0.4, 0.5) is 0 Å². The number of hydrogen-bond donors (Lipinski definition) is 0. The number of fused-ring (bicyclic) bond motifs is 2. The van der Waals surface area contributed by atoms with Gasteiger partial charge in [0.1, 0.15) is 0 Å². The van der Waals surface area contributed by atoms with Crippen molar-refractivity contribution in [2.24, 2.45) is 23.2 Å². The first-order chi connectivity index (χ1) is 6.55. The minimum absolute atomic E-state index is 0.664. The molecule has 3 rings (SSSR count). The molecule has 0 radical (unpaired) electrons. The zero-order chi connectivity index (χ0) is 10.3. The maximum atomic E-state index is 2.49. The molecular weight excluding hydrogens is 170 g/mol. The molecule has 2 bridgehead atoms. The van der Waals surface area contributed by atoms with Crippen LogP contribution in [0.3, 0.4) is 0 Å². The largest absolute Gasteiger partial charge is 0.306 e. The molecular formula is C13H25N. The number of rotatable bonds is 3. The van der Waals surface area contributed by atoms with Crippen LogP contribution in [0.5, 0.6) is 0 Å². The molecule has 0 aromatic heterocycles. The van der Waals surface area contributed by atoms with Gasteiger partial charge in [-0.25, -0.2) is 0 Å². The highest BCUT2D eigenvalue weighted by Crippen LogP contribution is 2.61. The summed E-state index contributed by atoms with van der Waals surface area (Å²) >= 11 is 0. The summed E-state index contributed by atoms with van der Waals surface area (Å²) in [5.74, 6) is 3.06. The molecule has 1 heteroatoms. The van der Waals surface area contributed by atoms with Crippen molar-refractivity contribution in [1.29, 1.82) is 0 Å². The van der Waals surface area contributed by atoms with Crippen LogP contribution in [-0.4, -0.2) is 25.0 Å². The van der Waals surface area contributed by atoms with E-state index in [4.69, 9.17) is 0 Å². The lowest BCUT2D eigenvalue weighted by Gasteiger charge is -2.60. The van der Waals surface area contributed by atoms with Gasteiger partial charge >= 0.3 is 0 Å². The van der Waals surface area contributed by atoms with E-state index in [1.165, 1.54) is 32.4 Å². The monoisotopic (exact) mass is 195 g/mol. The number of nitrogens with zero attached hydrogens (tertiary/aromatic N) is 1. The van der Waals surface area contributed by atoms with Crippen LogP contribution in [-0.2, 0) is 0 Å². The van der Waals surface area contributed by atoms with Gasteiger partial charge in [0.05, 0.1) is 0 Å². The maximum absolute atomic E-state index is 2.49. The van der Waals surface area contributed by atoms with Crippen LogP contribution in [0, 0.1) is 23.2 Å². The van der Waals surface area contributed by atoms with Crippen molar-refractivity contribution in [2.45, 2.75) is 40.0 Å². The summed E-state index contributed by atoms with van der Waals surface area (Å²) in [4.78, 5) is 2.49. The van der Waals surface area contributed by atoms with E-state index in [-0.39, 0.29) is 0 Å². The molecule has 0 aromatic rings. The van der Waals surface area contributed by atoms with Crippen molar-refractivity contribution in [1.82, 2.24) is 4.90 Å². The SMILES string of the molecule is CCN(C)CC1CC[C@@H]2CC1C2(C)C. The van der Waals surface area contributed by atoms with E-state index in [0.29, 0.717) is 5.41 Å². The van der Waals surface area contributed by atoms with Crippen molar-refractivity contribution >= 4 is 0 Å². The molecule has 0 aliphatic heterocycles. The second-order valence-corrected chi connectivity index (χ2v) is 6.05. The standard InChI is InChI=1S/C13H25N/c1-5-14(4)9-10-6-7-11-8-12(10)13(11,2)3/h10-12H,5-9H2,1-4H3/t10?,11-,12?/m1/s1. The van der Waals surface area contributed by atoms with Crippen molar-refractivity contribution < 1.29 is 0 Å². The van der Waals surface area contributed by atoms with Gasteiger partial charge in [0, 0.05) is 6.54 Å². The first-order valence-corrected chi connectivity index (χ1v) is 6.24. The fourth-order valence-electron chi connectivity index (χ4n) is 3.71. The molecule has 2 unspecified atom stereocenters. The Morgan fingerprint density at radius 2 is 2.00 bits per heavy atom. The molecule has 14 heavy (non-hydrogen) atoms. The summed E-state index contributed by atoms with van der Waals surface area (Å²) in [5, 5.41) is 0. The summed E-state index contributed by atoms with van der Waals surface area (Å²) < 4.78 is 0. The molecule has 0 aromatic carbocycles. The molecule has 1 nitrogen and oxygen atoms in total. The second-order valence-electron chi connectivity index (χ2n) is 6.05. The fraction of sp³-hybridized carbons (Fsp3) is 1.00. The Kier molecular flexibility index (Phi) is 2.63. The molecule has 0 spiro atoms. The molecule has 3 fully saturated rings. The van der Waals surface area contributed by atoms with Gasteiger partial charge in [-0.2, -0.15) is 0 Å². The third-order valence-electron chi connectivity index (χ3n) is 5.09. The lowest BCUT2D eigenvalue weighted by molar-refractivity contribution is -0.110. The topological polar surface area (TPSA) is 3.24 Å². The van der Waals surface area contributed by atoms with E-state index >= 15 is 0 Å². The summed E-state index contributed by atoms with van der Waals surface area (Å²) in [6.45, 7) is 9.77. The summed E-state index contributed by atoms with van der Waals surface area (Å²) in [5.41, 5.74) is 0.664. The number of hydrogen-bond acceptors (Lipinski definition) is 1. The molecule has 0 amide bonds. The van der Waals surface area contributed by atoms with Crippen molar-refractivity contribution in [3.63, 3.8) is 0 Å². The van der Waals surface area contributed by atoms with Crippen molar-refractivity contribution in [3.8, 4) is 0 Å². The zero-order valence-corrected chi connectivity index (χ0v) is 10.2. The molecule has 0 heterocycles. The van der Waals surface area contributed by atoms with E-state index in [1.54, 1.807) is 0 Å². The van der Waals surface area contributed by atoms with Crippen molar-refractivity contribution in [3.05, 3.63) is 0 Å². The Labute approximate surface area is 88.9 Å². The van der Waals surface area contributed by atoms with Crippen LogP contribution < -0.4 is 0 Å². The van der Waals surface area contributed by atoms with Crippen LogP contribution in [0.25, 0.3) is 0 Å².